The van der Waals surface area contributed by atoms with Gasteiger partial charge in [-0.05, 0) is 26.0 Å². The summed E-state index contributed by atoms with van der Waals surface area (Å²) in [5, 5.41) is 3.99. The highest BCUT2D eigenvalue weighted by Crippen LogP contribution is 2.28. The standard InChI is InChI=1S/C10H19NO2S/c1-7(10(12)13-2)11-8-5-4-6-9(8)14-3/h7-9,11H,4-6H2,1-3H3. The molecule has 0 bridgehead atoms. The number of carbonyl (C=O) groups excluding carboxylic acids is 1. The van der Waals surface area contributed by atoms with Crippen LogP contribution in [0.25, 0.3) is 0 Å². The fourth-order valence-electron chi connectivity index (χ4n) is 1.96. The Morgan fingerprint density at radius 2 is 2.29 bits per heavy atom. The van der Waals surface area contributed by atoms with Crippen molar-refractivity contribution in [1.82, 2.24) is 5.32 Å². The van der Waals surface area contributed by atoms with Crippen LogP contribution in [0.4, 0.5) is 0 Å². The third-order valence-electron chi connectivity index (χ3n) is 2.77. The van der Waals surface area contributed by atoms with Crippen molar-refractivity contribution in [3.63, 3.8) is 0 Å². The summed E-state index contributed by atoms with van der Waals surface area (Å²) in [6.07, 6.45) is 5.82. The van der Waals surface area contributed by atoms with Crippen LogP contribution < -0.4 is 5.32 Å². The van der Waals surface area contributed by atoms with E-state index in [-0.39, 0.29) is 12.0 Å². The van der Waals surface area contributed by atoms with Gasteiger partial charge < -0.3 is 10.1 Å². The second kappa shape index (κ2) is 5.61. The molecule has 4 heteroatoms. The zero-order valence-corrected chi connectivity index (χ0v) is 9.89. The Balaban J connectivity index is 2.39. The van der Waals surface area contributed by atoms with Crippen molar-refractivity contribution < 1.29 is 9.53 Å². The number of esters is 1. The van der Waals surface area contributed by atoms with E-state index >= 15 is 0 Å². The molecule has 1 N–H and O–H groups in total. The van der Waals surface area contributed by atoms with E-state index in [1.54, 1.807) is 0 Å². The molecule has 1 saturated carbocycles. The largest absolute Gasteiger partial charge is 0.468 e. The molecular weight excluding hydrogens is 198 g/mol. The minimum atomic E-state index is -0.183. The molecule has 0 aromatic rings. The van der Waals surface area contributed by atoms with E-state index in [0.717, 1.165) is 0 Å². The zero-order valence-electron chi connectivity index (χ0n) is 9.08. The molecule has 0 aliphatic heterocycles. The molecule has 3 unspecified atom stereocenters. The molecule has 3 nitrogen and oxygen atoms in total. The lowest BCUT2D eigenvalue weighted by Crippen LogP contribution is -2.44. The maximum Gasteiger partial charge on any atom is 0.322 e. The summed E-state index contributed by atoms with van der Waals surface area (Å²) in [5.74, 6) is -0.170. The Morgan fingerprint density at radius 1 is 1.57 bits per heavy atom. The molecule has 1 rings (SSSR count). The Hall–Kier alpha value is -0.220. The molecule has 3 atom stereocenters. The third-order valence-corrected chi connectivity index (χ3v) is 3.94. The van der Waals surface area contributed by atoms with Gasteiger partial charge in [-0.15, -0.1) is 0 Å². The van der Waals surface area contributed by atoms with Gasteiger partial charge in [0.05, 0.1) is 7.11 Å². The van der Waals surface area contributed by atoms with Gasteiger partial charge >= 0.3 is 5.97 Å². The number of thioether (sulfide) groups is 1. The minimum Gasteiger partial charge on any atom is -0.468 e. The lowest BCUT2D eigenvalue weighted by molar-refractivity contribution is -0.142. The molecule has 0 spiro atoms. The first-order valence-electron chi connectivity index (χ1n) is 5.05. The van der Waals surface area contributed by atoms with E-state index in [1.807, 2.05) is 18.7 Å². The van der Waals surface area contributed by atoms with Crippen molar-refractivity contribution in [1.29, 1.82) is 0 Å². The maximum absolute atomic E-state index is 11.2. The van der Waals surface area contributed by atoms with Gasteiger partial charge in [0.2, 0.25) is 0 Å². The molecule has 0 heterocycles. The normalized spacial score (nSPS) is 28.8. The van der Waals surface area contributed by atoms with Crippen molar-refractivity contribution in [3.05, 3.63) is 0 Å². The Labute approximate surface area is 90.0 Å². The Morgan fingerprint density at radius 3 is 2.86 bits per heavy atom. The van der Waals surface area contributed by atoms with Crippen molar-refractivity contribution in [2.24, 2.45) is 0 Å². The van der Waals surface area contributed by atoms with Crippen LogP contribution in [0.1, 0.15) is 26.2 Å². The van der Waals surface area contributed by atoms with Gasteiger partial charge in [0.15, 0.2) is 0 Å². The molecule has 0 saturated heterocycles. The molecule has 1 aliphatic carbocycles. The first-order valence-corrected chi connectivity index (χ1v) is 6.34. The molecular formula is C10H19NO2S. The van der Waals surface area contributed by atoms with Gasteiger partial charge in [-0.2, -0.15) is 11.8 Å². The Kier molecular flexibility index (Phi) is 4.75. The number of nitrogens with one attached hydrogen (secondary N) is 1. The molecule has 0 aromatic carbocycles. The summed E-state index contributed by atoms with van der Waals surface area (Å²) >= 11 is 1.89. The molecule has 0 aromatic heterocycles. The quantitative estimate of drug-likeness (QED) is 0.723. The third kappa shape index (κ3) is 2.89. The molecule has 1 aliphatic rings. The van der Waals surface area contributed by atoms with E-state index in [4.69, 9.17) is 0 Å². The van der Waals surface area contributed by atoms with Crippen LogP contribution in [0.5, 0.6) is 0 Å². The maximum atomic E-state index is 11.2. The van der Waals surface area contributed by atoms with Crippen molar-refractivity contribution in [2.45, 2.75) is 43.5 Å². The SMILES string of the molecule is COC(=O)C(C)NC1CCCC1SC. The summed E-state index contributed by atoms with van der Waals surface area (Å²) in [6, 6.07) is 0.289. The van der Waals surface area contributed by atoms with Crippen LogP contribution in [0.3, 0.4) is 0 Å². The van der Waals surface area contributed by atoms with Gasteiger partial charge in [0.1, 0.15) is 6.04 Å². The van der Waals surface area contributed by atoms with Crippen LogP contribution in [0.2, 0.25) is 0 Å². The summed E-state index contributed by atoms with van der Waals surface area (Å²) in [4.78, 5) is 11.2. The molecule has 14 heavy (non-hydrogen) atoms. The monoisotopic (exact) mass is 217 g/mol. The highest BCUT2D eigenvalue weighted by molar-refractivity contribution is 7.99. The lowest BCUT2D eigenvalue weighted by Gasteiger charge is -2.22. The van der Waals surface area contributed by atoms with E-state index in [9.17, 15) is 4.79 Å². The van der Waals surface area contributed by atoms with Crippen LogP contribution >= 0.6 is 11.8 Å². The highest BCUT2D eigenvalue weighted by Gasteiger charge is 2.29. The number of hydrogen-bond donors (Lipinski definition) is 1. The number of rotatable bonds is 4. The Bertz CT molecular complexity index is 199. The topological polar surface area (TPSA) is 38.3 Å². The van der Waals surface area contributed by atoms with Crippen LogP contribution in [0.15, 0.2) is 0 Å². The predicted octanol–water partition coefficient (Wildman–Crippen LogP) is 1.42. The first-order chi connectivity index (χ1) is 6.69. The van der Waals surface area contributed by atoms with E-state index in [1.165, 1.54) is 26.4 Å². The van der Waals surface area contributed by atoms with Gasteiger partial charge in [-0.3, -0.25) is 4.79 Å². The number of ether oxygens (including phenoxy) is 1. The second-order valence-corrected chi connectivity index (χ2v) is 4.80. The molecule has 1 fully saturated rings. The van der Waals surface area contributed by atoms with Crippen LogP contribution in [0, 0.1) is 0 Å². The van der Waals surface area contributed by atoms with E-state index < -0.39 is 0 Å². The van der Waals surface area contributed by atoms with E-state index in [2.05, 4.69) is 16.3 Å². The van der Waals surface area contributed by atoms with Gasteiger partial charge in [-0.25, -0.2) is 0 Å². The average molecular weight is 217 g/mol. The highest BCUT2D eigenvalue weighted by atomic mass is 32.2. The summed E-state index contributed by atoms with van der Waals surface area (Å²) in [5.41, 5.74) is 0. The number of methoxy groups -OCH3 is 1. The fourth-order valence-corrected chi connectivity index (χ4v) is 2.91. The predicted molar refractivity (Wildman–Crippen MR) is 59.6 cm³/mol. The van der Waals surface area contributed by atoms with Crippen molar-refractivity contribution in [2.75, 3.05) is 13.4 Å². The minimum absolute atomic E-state index is 0.170. The zero-order chi connectivity index (χ0) is 10.6. The van der Waals surface area contributed by atoms with Crippen LogP contribution in [-0.2, 0) is 9.53 Å². The number of hydrogen-bond acceptors (Lipinski definition) is 4. The first kappa shape index (κ1) is 11.9. The summed E-state index contributed by atoms with van der Waals surface area (Å²) in [7, 11) is 1.43. The van der Waals surface area contributed by atoms with Gasteiger partial charge in [0.25, 0.3) is 0 Å². The van der Waals surface area contributed by atoms with Gasteiger partial charge in [0, 0.05) is 11.3 Å². The number of carbonyl (C=O) groups is 1. The second-order valence-electron chi connectivity index (χ2n) is 3.72. The molecule has 0 amide bonds. The summed E-state index contributed by atoms with van der Waals surface area (Å²) in [6.45, 7) is 1.86. The van der Waals surface area contributed by atoms with E-state index in [0.29, 0.717) is 11.3 Å². The van der Waals surface area contributed by atoms with Crippen molar-refractivity contribution in [3.8, 4) is 0 Å². The molecule has 0 radical (unpaired) electrons. The average Bonchev–Trinajstić information content (AvgIpc) is 2.63. The lowest BCUT2D eigenvalue weighted by atomic mass is 10.2. The smallest absolute Gasteiger partial charge is 0.322 e. The molecule has 82 valence electrons. The van der Waals surface area contributed by atoms with Gasteiger partial charge in [-0.1, -0.05) is 6.42 Å². The van der Waals surface area contributed by atoms with Crippen LogP contribution in [-0.4, -0.2) is 36.7 Å². The summed E-state index contributed by atoms with van der Waals surface area (Å²) < 4.78 is 4.68. The fraction of sp³-hybridized carbons (Fsp3) is 0.900. The van der Waals surface area contributed by atoms with Crippen molar-refractivity contribution >= 4 is 17.7 Å².